The predicted molar refractivity (Wildman–Crippen MR) is 113 cm³/mol. The molecule has 2 aromatic carbocycles. The van der Waals surface area contributed by atoms with Gasteiger partial charge < -0.3 is 14.6 Å². The van der Waals surface area contributed by atoms with E-state index < -0.39 is 0 Å². The average Bonchev–Trinajstić information content (AvgIpc) is 3.04. The fraction of sp³-hybridized carbons (Fsp3) is 0.286. The lowest BCUT2D eigenvalue weighted by molar-refractivity contribution is -0.115. The van der Waals surface area contributed by atoms with Crippen LogP contribution in [0.25, 0.3) is 11.4 Å². The fourth-order valence-corrected chi connectivity index (χ4v) is 3.55. The third-order valence-electron chi connectivity index (χ3n) is 4.31. The number of aromatic nitrogens is 3. The van der Waals surface area contributed by atoms with Gasteiger partial charge in [-0.2, -0.15) is 0 Å². The van der Waals surface area contributed by atoms with Gasteiger partial charge in [-0.25, -0.2) is 0 Å². The van der Waals surface area contributed by atoms with Gasteiger partial charge in [-0.05, 0) is 50.6 Å². The summed E-state index contributed by atoms with van der Waals surface area (Å²) in [7, 11) is 1.92. The highest BCUT2D eigenvalue weighted by atomic mass is 32.2. The lowest BCUT2D eigenvalue weighted by Crippen LogP contribution is -2.22. The number of ether oxygens (including phenoxy) is 1. The van der Waals surface area contributed by atoms with E-state index in [0.29, 0.717) is 11.8 Å². The number of rotatable bonds is 7. The first-order chi connectivity index (χ1) is 13.5. The molecule has 1 N–H and O–H groups in total. The third kappa shape index (κ3) is 4.54. The number of aryl methyl sites for hydroxylation is 1. The van der Waals surface area contributed by atoms with Gasteiger partial charge in [-0.3, -0.25) is 4.79 Å². The first-order valence-electron chi connectivity index (χ1n) is 9.15. The summed E-state index contributed by atoms with van der Waals surface area (Å²) in [5.41, 5.74) is 2.91. The Morgan fingerprint density at radius 3 is 2.57 bits per heavy atom. The molecule has 28 heavy (non-hydrogen) atoms. The quantitative estimate of drug-likeness (QED) is 0.603. The van der Waals surface area contributed by atoms with Gasteiger partial charge in [0.15, 0.2) is 11.0 Å². The van der Waals surface area contributed by atoms with Crippen LogP contribution in [0.5, 0.6) is 5.75 Å². The molecule has 0 radical (unpaired) electrons. The summed E-state index contributed by atoms with van der Waals surface area (Å²) in [5, 5.41) is 11.9. The van der Waals surface area contributed by atoms with Gasteiger partial charge in [0.25, 0.3) is 0 Å². The van der Waals surface area contributed by atoms with E-state index >= 15 is 0 Å². The van der Waals surface area contributed by atoms with E-state index in [1.165, 1.54) is 11.8 Å². The number of thioether (sulfide) groups is 1. The van der Waals surface area contributed by atoms with E-state index in [0.717, 1.165) is 28.4 Å². The maximum atomic E-state index is 12.5. The number of hydrogen-bond acceptors (Lipinski definition) is 5. The van der Waals surface area contributed by atoms with E-state index in [-0.39, 0.29) is 11.2 Å². The average molecular weight is 397 g/mol. The highest BCUT2D eigenvalue weighted by Gasteiger charge is 2.20. The van der Waals surface area contributed by atoms with Gasteiger partial charge in [0.05, 0.1) is 11.9 Å². The fourth-order valence-electron chi connectivity index (χ4n) is 2.73. The van der Waals surface area contributed by atoms with Crippen molar-refractivity contribution in [1.82, 2.24) is 14.8 Å². The molecule has 3 aromatic rings. The normalized spacial score (nSPS) is 11.9. The molecule has 1 amide bonds. The maximum Gasteiger partial charge on any atom is 0.237 e. The monoisotopic (exact) mass is 396 g/mol. The van der Waals surface area contributed by atoms with Crippen molar-refractivity contribution in [2.75, 3.05) is 11.9 Å². The number of nitrogens with one attached hydrogen (secondary N) is 1. The number of benzene rings is 2. The van der Waals surface area contributed by atoms with Gasteiger partial charge in [0, 0.05) is 18.3 Å². The van der Waals surface area contributed by atoms with Crippen molar-refractivity contribution in [3.05, 3.63) is 54.1 Å². The molecule has 7 heteroatoms. The molecule has 1 aromatic heterocycles. The number of carbonyl (C=O) groups excluding carboxylic acids is 1. The largest absolute Gasteiger partial charge is 0.494 e. The Balaban J connectivity index is 1.67. The molecule has 0 spiro atoms. The van der Waals surface area contributed by atoms with Crippen LogP contribution in [0, 0.1) is 6.92 Å². The van der Waals surface area contributed by atoms with E-state index in [1.54, 1.807) is 0 Å². The highest BCUT2D eigenvalue weighted by molar-refractivity contribution is 8.00. The van der Waals surface area contributed by atoms with Crippen LogP contribution >= 0.6 is 11.8 Å². The van der Waals surface area contributed by atoms with Crippen LogP contribution in [0.1, 0.15) is 19.4 Å². The standard InChI is InChI=1S/C21H24N4O2S/c1-5-27-17-12-10-16(11-13-17)22-20(26)15(3)28-21-24-23-19(25(21)4)18-9-7-6-8-14(18)2/h6-13,15H,5H2,1-4H3,(H,22,26)/t15-/m0/s1. The van der Waals surface area contributed by atoms with Crippen LogP contribution in [-0.4, -0.2) is 32.5 Å². The number of amides is 1. The van der Waals surface area contributed by atoms with Crippen LogP contribution < -0.4 is 10.1 Å². The van der Waals surface area contributed by atoms with Gasteiger partial charge in [-0.15, -0.1) is 10.2 Å². The summed E-state index contributed by atoms with van der Waals surface area (Å²) < 4.78 is 7.34. The summed E-state index contributed by atoms with van der Waals surface area (Å²) in [6, 6.07) is 15.4. The second-order valence-corrected chi connectivity index (χ2v) is 7.69. The zero-order valence-electron chi connectivity index (χ0n) is 16.5. The van der Waals surface area contributed by atoms with Crippen LogP contribution in [0.2, 0.25) is 0 Å². The second kappa shape index (κ2) is 8.93. The molecule has 1 heterocycles. The highest BCUT2D eigenvalue weighted by Crippen LogP contribution is 2.28. The zero-order valence-corrected chi connectivity index (χ0v) is 17.3. The van der Waals surface area contributed by atoms with Gasteiger partial charge in [-0.1, -0.05) is 36.0 Å². The summed E-state index contributed by atoms with van der Waals surface area (Å²) in [6.45, 7) is 6.45. The minimum absolute atomic E-state index is 0.0883. The zero-order chi connectivity index (χ0) is 20.1. The molecule has 0 aliphatic carbocycles. The number of anilines is 1. The Morgan fingerprint density at radius 1 is 1.18 bits per heavy atom. The number of carbonyl (C=O) groups is 1. The summed E-state index contributed by atoms with van der Waals surface area (Å²) >= 11 is 1.38. The van der Waals surface area contributed by atoms with Crippen molar-refractivity contribution in [2.24, 2.45) is 7.05 Å². The van der Waals surface area contributed by atoms with E-state index in [9.17, 15) is 4.79 Å². The smallest absolute Gasteiger partial charge is 0.237 e. The van der Waals surface area contributed by atoms with Gasteiger partial charge >= 0.3 is 0 Å². The van der Waals surface area contributed by atoms with Crippen molar-refractivity contribution in [1.29, 1.82) is 0 Å². The van der Waals surface area contributed by atoms with Crippen LogP contribution in [0.4, 0.5) is 5.69 Å². The Hall–Kier alpha value is -2.80. The Kier molecular flexibility index (Phi) is 6.36. The summed E-state index contributed by atoms with van der Waals surface area (Å²) in [4.78, 5) is 12.5. The first kappa shape index (κ1) is 19.9. The van der Waals surface area contributed by atoms with E-state index in [1.807, 2.05) is 80.9 Å². The molecule has 0 aliphatic heterocycles. The molecule has 0 bridgehead atoms. The molecule has 0 unspecified atom stereocenters. The van der Waals surface area contributed by atoms with Crippen LogP contribution in [0.3, 0.4) is 0 Å². The van der Waals surface area contributed by atoms with Crippen molar-refractivity contribution in [3.8, 4) is 17.1 Å². The van der Waals surface area contributed by atoms with Crippen LogP contribution in [0.15, 0.2) is 53.7 Å². The van der Waals surface area contributed by atoms with E-state index in [2.05, 4.69) is 15.5 Å². The topological polar surface area (TPSA) is 69.0 Å². The number of hydrogen-bond donors (Lipinski definition) is 1. The molecule has 1 atom stereocenters. The molecule has 0 saturated carbocycles. The lowest BCUT2D eigenvalue weighted by Gasteiger charge is -2.12. The molecular formula is C21H24N4O2S. The Labute approximate surface area is 169 Å². The van der Waals surface area contributed by atoms with Crippen molar-refractivity contribution < 1.29 is 9.53 Å². The molecule has 0 saturated heterocycles. The SMILES string of the molecule is CCOc1ccc(NC(=O)[C@H](C)Sc2nnc(-c3ccccc3C)n2C)cc1. The Morgan fingerprint density at radius 2 is 1.89 bits per heavy atom. The minimum Gasteiger partial charge on any atom is -0.494 e. The third-order valence-corrected chi connectivity index (χ3v) is 5.44. The second-order valence-electron chi connectivity index (χ2n) is 6.39. The molecular weight excluding hydrogens is 372 g/mol. The molecule has 0 aliphatic rings. The molecule has 0 fully saturated rings. The molecule has 3 rings (SSSR count). The molecule has 146 valence electrons. The first-order valence-corrected chi connectivity index (χ1v) is 10.0. The van der Waals surface area contributed by atoms with E-state index in [4.69, 9.17) is 4.74 Å². The van der Waals surface area contributed by atoms with Crippen LogP contribution in [-0.2, 0) is 11.8 Å². The predicted octanol–water partition coefficient (Wildman–Crippen LogP) is 4.31. The Bertz CT molecular complexity index is 953. The lowest BCUT2D eigenvalue weighted by atomic mass is 10.1. The van der Waals surface area contributed by atoms with Gasteiger partial charge in [0.1, 0.15) is 5.75 Å². The van der Waals surface area contributed by atoms with Crippen molar-refractivity contribution in [2.45, 2.75) is 31.2 Å². The van der Waals surface area contributed by atoms with Crippen molar-refractivity contribution >= 4 is 23.4 Å². The van der Waals surface area contributed by atoms with Gasteiger partial charge in [0.2, 0.25) is 5.91 Å². The minimum atomic E-state index is -0.320. The maximum absolute atomic E-state index is 12.5. The summed E-state index contributed by atoms with van der Waals surface area (Å²) in [5.74, 6) is 1.49. The molecule has 6 nitrogen and oxygen atoms in total. The number of nitrogens with zero attached hydrogens (tertiary/aromatic N) is 3. The summed E-state index contributed by atoms with van der Waals surface area (Å²) in [6.07, 6.45) is 0. The van der Waals surface area contributed by atoms with Crippen molar-refractivity contribution in [3.63, 3.8) is 0 Å².